The van der Waals surface area contributed by atoms with Gasteiger partial charge in [0.2, 0.25) is 0 Å². The van der Waals surface area contributed by atoms with Crippen molar-refractivity contribution in [2.24, 2.45) is 4.40 Å². The van der Waals surface area contributed by atoms with Crippen LogP contribution in [0.1, 0.15) is 5.69 Å². The van der Waals surface area contributed by atoms with Crippen LogP contribution in [0, 0.1) is 0 Å². The first-order valence-corrected chi connectivity index (χ1v) is 3.31. The molecule has 0 bridgehead atoms. The zero-order valence-electron chi connectivity index (χ0n) is 4.77. The van der Waals surface area contributed by atoms with Crippen LogP contribution in [0.15, 0.2) is 21.3 Å². The summed E-state index contributed by atoms with van der Waals surface area (Å²) in [6, 6.07) is 1.67. The molecule has 0 saturated carbocycles. The van der Waals surface area contributed by atoms with Gasteiger partial charge in [0, 0.05) is 6.07 Å². The molecule has 0 aliphatic carbocycles. The van der Waals surface area contributed by atoms with Crippen LogP contribution in [-0.2, 0) is 4.84 Å². The minimum atomic E-state index is 0.443. The zero-order valence-corrected chi connectivity index (χ0v) is 5.59. The standard InChI is InChI=1S/C4H3N3O2S/c1-2-8-5-3(1)4-6-10-7-9-4/h1-2,7H. The summed E-state index contributed by atoms with van der Waals surface area (Å²) in [5.74, 6) is 0.443. The third-order valence-corrected chi connectivity index (χ3v) is 1.38. The molecule has 0 radical (unpaired) electrons. The van der Waals surface area contributed by atoms with Crippen LogP contribution < -0.4 is 4.89 Å². The van der Waals surface area contributed by atoms with Crippen molar-refractivity contribution in [2.45, 2.75) is 0 Å². The summed E-state index contributed by atoms with van der Waals surface area (Å²) in [4.78, 5) is 7.33. The fourth-order valence-electron chi connectivity index (χ4n) is 0.559. The number of hydrogen-bond donors (Lipinski definition) is 1. The molecule has 0 amide bonds. The molecule has 0 spiro atoms. The van der Waals surface area contributed by atoms with Crippen LogP contribution in [-0.4, -0.2) is 11.1 Å². The molecule has 0 unspecified atom stereocenters. The first-order chi connectivity index (χ1) is 4.97. The van der Waals surface area contributed by atoms with E-state index in [1.807, 2.05) is 0 Å². The highest BCUT2D eigenvalue weighted by Crippen LogP contribution is 2.10. The molecule has 1 aliphatic heterocycles. The first kappa shape index (κ1) is 5.75. The van der Waals surface area contributed by atoms with Crippen LogP contribution in [0.3, 0.4) is 0 Å². The van der Waals surface area contributed by atoms with Crippen molar-refractivity contribution in [3.63, 3.8) is 0 Å². The Morgan fingerprint density at radius 2 is 2.60 bits per heavy atom. The van der Waals surface area contributed by atoms with Gasteiger partial charge in [-0.25, -0.2) is 0 Å². The van der Waals surface area contributed by atoms with E-state index in [2.05, 4.69) is 19.0 Å². The molecular formula is C4H3N3O2S. The Morgan fingerprint density at radius 1 is 1.60 bits per heavy atom. The lowest BCUT2D eigenvalue weighted by molar-refractivity contribution is 0.279. The van der Waals surface area contributed by atoms with E-state index in [1.54, 1.807) is 6.07 Å². The molecule has 5 nitrogen and oxygen atoms in total. The third-order valence-electron chi connectivity index (χ3n) is 0.961. The Labute approximate surface area is 60.7 Å². The lowest BCUT2D eigenvalue weighted by Crippen LogP contribution is -2.06. The predicted molar refractivity (Wildman–Crippen MR) is 34.9 cm³/mol. The summed E-state index contributed by atoms with van der Waals surface area (Å²) in [5.41, 5.74) is 0.595. The molecule has 2 heterocycles. The van der Waals surface area contributed by atoms with Crippen molar-refractivity contribution in [2.75, 3.05) is 0 Å². The largest absolute Gasteiger partial charge is 0.373 e. The van der Waals surface area contributed by atoms with Crippen molar-refractivity contribution in [3.8, 4) is 0 Å². The van der Waals surface area contributed by atoms with E-state index in [9.17, 15) is 0 Å². The molecule has 6 heteroatoms. The molecule has 0 atom stereocenters. The zero-order chi connectivity index (χ0) is 6.81. The van der Waals surface area contributed by atoms with Crippen LogP contribution in [0.4, 0.5) is 0 Å². The molecule has 1 aliphatic rings. The summed E-state index contributed by atoms with van der Waals surface area (Å²) in [5, 5.41) is 3.61. The fourth-order valence-corrected chi connectivity index (χ4v) is 0.926. The van der Waals surface area contributed by atoms with Gasteiger partial charge in [-0.3, -0.25) is 0 Å². The average molecular weight is 157 g/mol. The van der Waals surface area contributed by atoms with Gasteiger partial charge in [0.15, 0.2) is 5.69 Å². The van der Waals surface area contributed by atoms with Crippen LogP contribution in [0.5, 0.6) is 0 Å². The molecule has 1 aromatic heterocycles. The second-order valence-corrected chi connectivity index (χ2v) is 2.09. The van der Waals surface area contributed by atoms with E-state index < -0.39 is 0 Å². The summed E-state index contributed by atoms with van der Waals surface area (Å²) in [6.07, 6.45) is 1.46. The van der Waals surface area contributed by atoms with Crippen molar-refractivity contribution in [1.82, 2.24) is 10.0 Å². The normalized spacial score (nSPS) is 16.6. The van der Waals surface area contributed by atoms with Crippen LogP contribution in [0.25, 0.3) is 0 Å². The average Bonchev–Trinajstić information content (AvgIpc) is 2.59. The predicted octanol–water partition coefficient (Wildman–Crippen LogP) is 0.519. The summed E-state index contributed by atoms with van der Waals surface area (Å²) >= 11 is 1.11. The summed E-state index contributed by atoms with van der Waals surface area (Å²) in [6.45, 7) is 0. The highest BCUT2D eigenvalue weighted by Gasteiger charge is 2.13. The van der Waals surface area contributed by atoms with Crippen molar-refractivity contribution in [3.05, 3.63) is 18.0 Å². The van der Waals surface area contributed by atoms with Gasteiger partial charge >= 0.3 is 0 Å². The van der Waals surface area contributed by atoms with Gasteiger partial charge in [-0.05, 0) is 0 Å². The van der Waals surface area contributed by atoms with Gasteiger partial charge in [-0.15, -0.1) is 0 Å². The lowest BCUT2D eigenvalue weighted by Gasteiger charge is -1.90. The Balaban J connectivity index is 2.28. The van der Waals surface area contributed by atoms with Gasteiger partial charge in [0.1, 0.15) is 6.26 Å². The SMILES string of the molecule is c1cc(C2=NSNO2)no1. The fraction of sp³-hybridized carbons (Fsp3) is 0. The molecule has 0 fully saturated rings. The van der Waals surface area contributed by atoms with Crippen molar-refractivity contribution < 1.29 is 9.36 Å². The molecule has 52 valence electrons. The second kappa shape index (κ2) is 2.31. The number of nitrogens with one attached hydrogen (secondary N) is 1. The van der Waals surface area contributed by atoms with Crippen molar-refractivity contribution in [1.29, 1.82) is 0 Å². The minimum absolute atomic E-state index is 0.443. The number of rotatable bonds is 1. The lowest BCUT2D eigenvalue weighted by atomic mass is 10.4. The minimum Gasteiger partial charge on any atom is -0.373 e. The molecule has 0 aromatic carbocycles. The molecule has 0 saturated heterocycles. The summed E-state index contributed by atoms with van der Waals surface area (Å²) in [7, 11) is 0. The highest BCUT2D eigenvalue weighted by molar-refractivity contribution is 7.96. The van der Waals surface area contributed by atoms with Crippen molar-refractivity contribution >= 4 is 18.0 Å². The van der Waals surface area contributed by atoms with Gasteiger partial charge < -0.3 is 9.36 Å². The number of aromatic nitrogens is 1. The van der Waals surface area contributed by atoms with Crippen LogP contribution in [0.2, 0.25) is 0 Å². The Morgan fingerprint density at radius 3 is 3.20 bits per heavy atom. The Hall–Kier alpha value is -1.01. The van der Waals surface area contributed by atoms with Gasteiger partial charge in [-0.2, -0.15) is 4.40 Å². The topological polar surface area (TPSA) is 59.7 Å². The molecule has 1 aromatic rings. The van der Waals surface area contributed by atoms with Gasteiger partial charge in [-0.1, -0.05) is 10.0 Å². The van der Waals surface area contributed by atoms with E-state index in [-0.39, 0.29) is 0 Å². The smallest absolute Gasteiger partial charge is 0.276 e. The maximum atomic E-state index is 4.84. The Bertz CT molecular complexity index is 245. The molecule has 1 N–H and O–H groups in total. The van der Waals surface area contributed by atoms with E-state index in [4.69, 9.17) is 4.84 Å². The third kappa shape index (κ3) is 0.869. The number of hydrogen-bond acceptors (Lipinski definition) is 6. The highest BCUT2D eigenvalue weighted by atomic mass is 32.2. The number of nitrogens with zero attached hydrogens (tertiary/aromatic N) is 2. The monoisotopic (exact) mass is 157 g/mol. The summed E-state index contributed by atoms with van der Waals surface area (Å²) < 4.78 is 8.43. The molecule has 2 rings (SSSR count). The maximum absolute atomic E-state index is 4.84. The Kier molecular flexibility index (Phi) is 1.33. The quantitative estimate of drug-likeness (QED) is 0.602. The van der Waals surface area contributed by atoms with Crippen LogP contribution >= 0.6 is 12.1 Å². The first-order valence-electron chi connectivity index (χ1n) is 2.53. The second-order valence-electron chi connectivity index (χ2n) is 1.56. The van der Waals surface area contributed by atoms with E-state index >= 15 is 0 Å². The van der Waals surface area contributed by atoms with E-state index in [0.717, 1.165) is 12.1 Å². The molecule has 10 heavy (non-hydrogen) atoms. The maximum Gasteiger partial charge on any atom is 0.276 e. The van der Waals surface area contributed by atoms with Gasteiger partial charge in [0.05, 0.1) is 12.1 Å². The van der Waals surface area contributed by atoms with Gasteiger partial charge in [0.25, 0.3) is 5.90 Å². The van der Waals surface area contributed by atoms with E-state index in [1.165, 1.54) is 6.26 Å². The van der Waals surface area contributed by atoms with E-state index in [0.29, 0.717) is 11.6 Å². The molecular weight excluding hydrogens is 154 g/mol.